The molecule has 0 radical (unpaired) electrons. The Bertz CT molecular complexity index is 1110. The summed E-state index contributed by atoms with van der Waals surface area (Å²) in [6.45, 7) is 2.20. The van der Waals surface area contributed by atoms with Crippen LogP contribution in [-0.2, 0) is 14.2 Å². The predicted octanol–water partition coefficient (Wildman–Crippen LogP) is 7.84. The van der Waals surface area contributed by atoms with Crippen LogP contribution in [0.2, 0.25) is 0 Å². The van der Waals surface area contributed by atoms with Crippen LogP contribution < -0.4 is 4.74 Å². The van der Waals surface area contributed by atoms with Crippen LogP contribution >= 0.6 is 0 Å². The van der Waals surface area contributed by atoms with Crippen LogP contribution in [0.25, 0.3) is 11.1 Å². The lowest BCUT2D eigenvalue weighted by molar-refractivity contribution is -0.391. The average molecular weight is 569 g/mol. The number of benzene rings is 2. The second-order valence-electron chi connectivity index (χ2n) is 9.87. The molecule has 2 aliphatic rings. The Morgan fingerprint density at radius 3 is 2.00 bits per heavy atom. The molecule has 4 rings (SSSR count). The summed E-state index contributed by atoms with van der Waals surface area (Å²) in [5, 5.41) is 0. The lowest BCUT2D eigenvalue weighted by Gasteiger charge is -2.37. The highest BCUT2D eigenvalue weighted by molar-refractivity contribution is 5.65. The Morgan fingerprint density at radius 2 is 1.44 bits per heavy atom. The van der Waals surface area contributed by atoms with E-state index in [0.717, 1.165) is 25.0 Å². The minimum absolute atomic E-state index is 0.0262. The topological polar surface area (TPSA) is 36.9 Å². The Kier molecular flexibility index (Phi) is 9.07. The minimum atomic E-state index is -3.76. The van der Waals surface area contributed by atoms with Gasteiger partial charge in [-0.2, -0.15) is 17.6 Å². The van der Waals surface area contributed by atoms with Crippen molar-refractivity contribution < 1.29 is 54.1 Å². The van der Waals surface area contributed by atoms with Gasteiger partial charge in [0.2, 0.25) is 0 Å². The SMILES string of the molecule is CCCC1COC(C(F)(F)OC2CCC(C(F)(F)Oc3ccc(-c4cc(F)c(F)c(F)c4)c(F)c3)CC2)OC1. The fraction of sp³-hybridized carbons (Fsp3) is 0.556. The van der Waals surface area contributed by atoms with E-state index < -0.39 is 59.5 Å². The van der Waals surface area contributed by atoms with Crippen LogP contribution in [0.4, 0.5) is 35.1 Å². The molecule has 1 aliphatic carbocycles. The van der Waals surface area contributed by atoms with Gasteiger partial charge in [-0.3, -0.25) is 0 Å². The third-order valence-electron chi connectivity index (χ3n) is 6.90. The van der Waals surface area contributed by atoms with Crippen molar-refractivity contribution in [2.45, 2.75) is 70.1 Å². The zero-order chi connectivity index (χ0) is 28.4. The molecule has 0 aromatic heterocycles. The van der Waals surface area contributed by atoms with Gasteiger partial charge in [-0.15, -0.1) is 0 Å². The zero-order valence-electron chi connectivity index (χ0n) is 21.0. The third kappa shape index (κ3) is 7.01. The molecule has 0 atom stereocenters. The molecule has 39 heavy (non-hydrogen) atoms. The molecule has 0 amide bonds. The molecule has 1 saturated carbocycles. The van der Waals surface area contributed by atoms with Crippen molar-refractivity contribution in [3.05, 3.63) is 53.6 Å². The van der Waals surface area contributed by atoms with E-state index >= 15 is 0 Å². The van der Waals surface area contributed by atoms with Gasteiger partial charge in [0.1, 0.15) is 11.6 Å². The van der Waals surface area contributed by atoms with Gasteiger partial charge in [-0.1, -0.05) is 13.3 Å². The number of hydrogen-bond donors (Lipinski definition) is 0. The van der Waals surface area contributed by atoms with E-state index in [4.69, 9.17) is 18.9 Å². The molecule has 0 bridgehead atoms. The van der Waals surface area contributed by atoms with Crippen LogP contribution in [0, 0.1) is 35.1 Å². The van der Waals surface area contributed by atoms with Gasteiger partial charge in [0, 0.05) is 17.5 Å². The van der Waals surface area contributed by atoms with E-state index in [1.807, 2.05) is 6.92 Å². The quantitative estimate of drug-likeness (QED) is 0.228. The molecule has 1 aliphatic heterocycles. The highest BCUT2D eigenvalue weighted by atomic mass is 19.3. The van der Waals surface area contributed by atoms with Crippen molar-refractivity contribution in [2.24, 2.45) is 11.8 Å². The van der Waals surface area contributed by atoms with Gasteiger partial charge < -0.3 is 18.9 Å². The fourth-order valence-electron chi connectivity index (χ4n) is 4.85. The highest BCUT2D eigenvalue weighted by Gasteiger charge is 2.50. The minimum Gasteiger partial charge on any atom is -0.432 e. The van der Waals surface area contributed by atoms with E-state index in [1.165, 1.54) is 0 Å². The van der Waals surface area contributed by atoms with E-state index in [-0.39, 0.29) is 55.9 Å². The Labute approximate surface area is 220 Å². The zero-order valence-corrected chi connectivity index (χ0v) is 21.0. The first-order valence-corrected chi connectivity index (χ1v) is 12.7. The summed E-state index contributed by atoms with van der Waals surface area (Å²) in [5.74, 6) is -7.80. The maximum absolute atomic E-state index is 14.8. The number of rotatable bonds is 9. The maximum atomic E-state index is 14.8. The van der Waals surface area contributed by atoms with Crippen LogP contribution in [0.3, 0.4) is 0 Å². The Hall–Kier alpha value is -2.44. The largest absolute Gasteiger partial charge is 0.432 e. The maximum Gasteiger partial charge on any atom is 0.406 e. The standard InChI is InChI=1S/C27H28F8O4/c1-2-3-15-13-36-25(37-14-15)27(34,35)38-18-6-4-17(5-7-18)26(32,33)39-19-8-9-20(21(28)12-19)16-10-22(29)24(31)23(30)11-16/h8-12,15,17-18,25H,2-7,13-14H2,1H3. The van der Waals surface area contributed by atoms with E-state index in [2.05, 4.69) is 0 Å². The van der Waals surface area contributed by atoms with Crippen molar-refractivity contribution >= 4 is 0 Å². The molecule has 0 N–H and O–H groups in total. The fourth-order valence-corrected chi connectivity index (χ4v) is 4.85. The van der Waals surface area contributed by atoms with Crippen molar-refractivity contribution in [1.82, 2.24) is 0 Å². The normalized spacial score (nSPS) is 24.5. The Morgan fingerprint density at radius 1 is 0.821 bits per heavy atom. The number of hydrogen-bond acceptors (Lipinski definition) is 4. The van der Waals surface area contributed by atoms with E-state index in [0.29, 0.717) is 18.2 Å². The van der Waals surface area contributed by atoms with Crippen molar-refractivity contribution in [2.75, 3.05) is 13.2 Å². The summed E-state index contributed by atoms with van der Waals surface area (Å²) in [4.78, 5) is 0. The molecule has 0 unspecified atom stereocenters. The molecule has 1 saturated heterocycles. The lowest BCUT2D eigenvalue weighted by Crippen LogP contribution is -2.48. The van der Waals surface area contributed by atoms with Gasteiger partial charge >= 0.3 is 12.2 Å². The second-order valence-corrected chi connectivity index (χ2v) is 9.87. The number of halogens is 8. The molecule has 2 aromatic carbocycles. The molecule has 4 nitrogen and oxygen atoms in total. The summed E-state index contributed by atoms with van der Waals surface area (Å²) >= 11 is 0. The smallest absolute Gasteiger partial charge is 0.406 e. The van der Waals surface area contributed by atoms with Gasteiger partial charge in [-0.25, -0.2) is 17.6 Å². The molecule has 12 heteroatoms. The van der Waals surface area contributed by atoms with Crippen LogP contribution in [0.5, 0.6) is 5.75 Å². The predicted molar refractivity (Wildman–Crippen MR) is 123 cm³/mol. The summed E-state index contributed by atoms with van der Waals surface area (Å²) in [6.07, 6.45) is -9.33. The number of alkyl halides is 4. The first-order chi connectivity index (χ1) is 18.4. The van der Waals surface area contributed by atoms with E-state index in [1.54, 1.807) is 0 Å². The van der Waals surface area contributed by atoms with Gasteiger partial charge in [-0.05, 0) is 61.9 Å². The molecule has 1 heterocycles. The van der Waals surface area contributed by atoms with Crippen molar-refractivity contribution in [3.8, 4) is 16.9 Å². The van der Waals surface area contributed by atoms with Crippen LogP contribution in [0.15, 0.2) is 30.3 Å². The summed E-state index contributed by atoms with van der Waals surface area (Å²) in [6, 6.07) is 3.72. The Balaban J connectivity index is 1.32. The second kappa shape index (κ2) is 12.0. The molecular formula is C27H28F8O4. The lowest BCUT2D eigenvalue weighted by atomic mass is 9.86. The first kappa shape index (κ1) is 29.5. The first-order valence-electron chi connectivity index (χ1n) is 12.7. The van der Waals surface area contributed by atoms with Gasteiger partial charge in [0.15, 0.2) is 17.5 Å². The monoisotopic (exact) mass is 568 g/mol. The van der Waals surface area contributed by atoms with Gasteiger partial charge in [0.05, 0.1) is 25.2 Å². The number of ether oxygens (including phenoxy) is 4. The molecular weight excluding hydrogens is 540 g/mol. The average Bonchev–Trinajstić information content (AvgIpc) is 2.87. The summed E-state index contributed by atoms with van der Waals surface area (Å²) < 4.78 is 133. The summed E-state index contributed by atoms with van der Waals surface area (Å²) in [5.41, 5.74) is -0.684. The summed E-state index contributed by atoms with van der Waals surface area (Å²) in [7, 11) is 0. The molecule has 0 spiro atoms. The van der Waals surface area contributed by atoms with Crippen molar-refractivity contribution in [3.63, 3.8) is 0 Å². The van der Waals surface area contributed by atoms with Crippen molar-refractivity contribution in [1.29, 1.82) is 0 Å². The highest BCUT2D eigenvalue weighted by Crippen LogP contribution is 2.41. The third-order valence-corrected chi connectivity index (χ3v) is 6.90. The van der Waals surface area contributed by atoms with E-state index in [9.17, 15) is 35.1 Å². The molecule has 2 aromatic rings. The van der Waals surface area contributed by atoms with Gasteiger partial charge in [0.25, 0.3) is 6.29 Å². The van der Waals surface area contributed by atoms with Crippen LogP contribution in [0.1, 0.15) is 45.4 Å². The van der Waals surface area contributed by atoms with Crippen LogP contribution in [-0.4, -0.2) is 37.8 Å². The molecule has 216 valence electrons. The molecule has 2 fully saturated rings.